The van der Waals surface area contributed by atoms with E-state index < -0.39 is 5.54 Å². The molecule has 1 aliphatic rings. The van der Waals surface area contributed by atoms with Crippen molar-refractivity contribution < 1.29 is 14.5 Å². The molecule has 0 radical (unpaired) electrons. The fourth-order valence-corrected chi connectivity index (χ4v) is 3.02. The molecule has 25 heavy (non-hydrogen) atoms. The van der Waals surface area contributed by atoms with Gasteiger partial charge in [0.15, 0.2) is 13.1 Å². The maximum atomic E-state index is 12.3. The number of amides is 2. The number of quaternary nitrogens is 1. The number of likely N-dealkylation sites (N-methyl/N-ethyl adjacent to an activating group) is 1. The summed E-state index contributed by atoms with van der Waals surface area (Å²) in [7, 11) is 1.80. The second-order valence-electron chi connectivity index (χ2n) is 7.26. The normalized spacial score (nSPS) is 17.1. The number of benzene rings is 1. The fourth-order valence-electron chi connectivity index (χ4n) is 3.02. The number of aryl methyl sites for hydroxylation is 2. The van der Waals surface area contributed by atoms with Crippen LogP contribution in [0.25, 0.3) is 0 Å². The first kappa shape index (κ1) is 18.9. The summed E-state index contributed by atoms with van der Waals surface area (Å²) in [5.41, 5.74) is 2.06. The Balaban J connectivity index is 1.85. The minimum Gasteiger partial charge on any atom is -0.333 e. The number of hydrogen-bond acceptors (Lipinski definition) is 3. The number of anilines is 1. The van der Waals surface area contributed by atoms with Gasteiger partial charge in [0.1, 0.15) is 5.54 Å². The first-order valence-electron chi connectivity index (χ1n) is 8.65. The maximum Gasteiger partial charge on any atom is 0.279 e. The highest BCUT2D eigenvalue weighted by Crippen LogP contribution is 2.39. The fraction of sp³-hybridized carbons (Fsp3) is 0.526. The quantitative estimate of drug-likeness (QED) is 0.676. The van der Waals surface area contributed by atoms with Gasteiger partial charge in [-0.05, 0) is 50.7 Å². The topological polar surface area (TPSA) is 86.4 Å². The van der Waals surface area contributed by atoms with Crippen molar-refractivity contribution in [3.05, 3.63) is 29.3 Å². The number of nitrogens with zero attached hydrogens (tertiary/aromatic N) is 1. The SMILES string of the molecule is Cc1cccc(C)c1NC(=O)C[NH+](C)CC(=O)N[C@](C)(C#N)C1CC1. The summed E-state index contributed by atoms with van der Waals surface area (Å²) in [6.07, 6.45) is 1.95. The Morgan fingerprint density at radius 2 is 1.80 bits per heavy atom. The van der Waals surface area contributed by atoms with Crippen LogP contribution in [0.15, 0.2) is 18.2 Å². The van der Waals surface area contributed by atoms with Gasteiger partial charge in [0.2, 0.25) is 0 Å². The van der Waals surface area contributed by atoms with Crippen LogP contribution in [-0.4, -0.2) is 37.5 Å². The van der Waals surface area contributed by atoms with E-state index in [4.69, 9.17) is 0 Å². The summed E-state index contributed by atoms with van der Waals surface area (Å²) in [5, 5.41) is 15.1. The minimum absolute atomic E-state index is 0.132. The lowest BCUT2D eigenvalue weighted by atomic mass is 9.98. The van der Waals surface area contributed by atoms with Crippen LogP contribution in [0.5, 0.6) is 0 Å². The van der Waals surface area contributed by atoms with E-state index in [1.807, 2.05) is 32.0 Å². The number of nitrogens with one attached hydrogen (secondary N) is 3. The molecule has 2 rings (SSSR count). The van der Waals surface area contributed by atoms with Crippen molar-refractivity contribution in [2.45, 2.75) is 39.2 Å². The van der Waals surface area contributed by atoms with Crippen molar-refractivity contribution in [3.63, 3.8) is 0 Å². The third-order valence-corrected chi connectivity index (χ3v) is 4.70. The van der Waals surface area contributed by atoms with Gasteiger partial charge in [0.05, 0.1) is 13.1 Å². The highest BCUT2D eigenvalue weighted by atomic mass is 16.2. The van der Waals surface area contributed by atoms with Crippen molar-refractivity contribution in [3.8, 4) is 6.07 Å². The Bertz CT molecular complexity index is 686. The molecule has 0 heterocycles. The Morgan fingerprint density at radius 1 is 1.24 bits per heavy atom. The summed E-state index contributed by atoms with van der Waals surface area (Å²) >= 11 is 0. The molecule has 1 aliphatic carbocycles. The van der Waals surface area contributed by atoms with Gasteiger partial charge in [0, 0.05) is 5.69 Å². The Labute approximate surface area is 149 Å². The summed E-state index contributed by atoms with van der Waals surface area (Å²) in [5.74, 6) is -0.0876. The van der Waals surface area contributed by atoms with Crippen LogP contribution in [0.1, 0.15) is 30.9 Å². The lowest BCUT2D eigenvalue weighted by Crippen LogP contribution is -3.11. The summed E-state index contributed by atoms with van der Waals surface area (Å²) < 4.78 is 0. The maximum absolute atomic E-state index is 12.3. The highest BCUT2D eigenvalue weighted by molar-refractivity contribution is 5.93. The van der Waals surface area contributed by atoms with Crippen molar-refractivity contribution in [2.24, 2.45) is 5.92 Å². The molecule has 0 saturated heterocycles. The van der Waals surface area contributed by atoms with Gasteiger partial charge in [-0.2, -0.15) is 5.26 Å². The first-order valence-corrected chi connectivity index (χ1v) is 8.65. The molecule has 6 nitrogen and oxygen atoms in total. The van der Waals surface area contributed by atoms with Crippen LogP contribution in [0.4, 0.5) is 5.69 Å². The molecule has 0 spiro atoms. The Kier molecular flexibility index (Phi) is 5.81. The lowest BCUT2D eigenvalue weighted by molar-refractivity contribution is -0.862. The molecule has 0 aliphatic heterocycles. The predicted molar refractivity (Wildman–Crippen MR) is 96.1 cm³/mol. The standard InChI is InChI=1S/C19H26N4O2/c1-13-6-5-7-14(2)18(13)21-16(24)10-23(4)11-17(25)22-19(3,12-20)15-8-9-15/h5-7,15H,8-11H2,1-4H3,(H,21,24)(H,22,25)/p+1/t19-/m1/s1. The molecule has 134 valence electrons. The summed E-state index contributed by atoms with van der Waals surface area (Å²) in [4.78, 5) is 25.2. The first-order chi connectivity index (χ1) is 11.7. The second kappa shape index (κ2) is 7.66. The molecule has 2 amide bonds. The van der Waals surface area contributed by atoms with E-state index in [9.17, 15) is 14.9 Å². The van der Waals surface area contributed by atoms with Crippen molar-refractivity contribution in [1.29, 1.82) is 5.26 Å². The zero-order chi connectivity index (χ0) is 18.6. The molecule has 2 atom stereocenters. The van der Waals surface area contributed by atoms with Crippen LogP contribution in [0.2, 0.25) is 0 Å². The van der Waals surface area contributed by atoms with Gasteiger partial charge >= 0.3 is 0 Å². The van der Waals surface area contributed by atoms with E-state index in [1.165, 1.54) is 0 Å². The average molecular weight is 343 g/mol. The van der Waals surface area contributed by atoms with Gasteiger partial charge in [0.25, 0.3) is 11.8 Å². The molecule has 1 unspecified atom stereocenters. The molecular formula is C19H27N4O2+. The van der Waals surface area contributed by atoms with E-state index in [0.29, 0.717) is 0 Å². The molecule has 1 saturated carbocycles. The van der Waals surface area contributed by atoms with Crippen molar-refractivity contribution in [2.75, 3.05) is 25.5 Å². The van der Waals surface area contributed by atoms with Crippen LogP contribution in [0, 0.1) is 31.1 Å². The van der Waals surface area contributed by atoms with Crippen LogP contribution < -0.4 is 15.5 Å². The number of rotatable bonds is 7. The third kappa shape index (κ3) is 5.04. The number of para-hydroxylation sites is 1. The molecule has 0 bridgehead atoms. The minimum atomic E-state index is -0.794. The third-order valence-electron chi connectivity index (χ3n) is 4.70. The Morgan fingerprint density at radius 3 is 2.32 bits per heavy atom. The highest BCUT2D eigenvalue weighted by Gasteiger charge is 2.43. The van der Waals surface area contributed by atoms with Gasteiger partial charge in [-0.15, -0.1) is 0 Å². The monoisotopic (exact) mass is 343 g/mol. The van der Waals surface area contributed by atoms with E-state index in [-0.39, 0.29) is 30.8 Å². The lowest BCUT2D eigenvalue weighted by Gasteiger charge is -2.23. The van der Waals surface area contributed by atoms with Crippen LogP contribution in [-0.2, 0) is 9.59 Å². The summed E-state index contributed by atoms with van der Waals surface area (Å²) in [6, 6.07) is 8.07. The molecule has 1 fully saturated rings. The molecular weight excluding hydrogens is 316 g/mol. The molecule has 0 aromatic heterocycles. The van der Waals surface area contributed by atoms with E-state index in [0.717, 1.165) is 34.6 Å². The van der Waals surface area contributed by atoms with E-state index in [2.05, 4.69) is 16.7 Å². The summed E-state index contributed by atoms with van der Waals surface area (Å²) in [6.45, 7) is 6.02. The molecule has 1 aromatic rings. The average Bonchev–Trinajstić information content (AvgIpc) is 3.35. The number of carbonyl (C=O) groups excluding carboxylic acids is 2. The van der Waals surface area contributed by atoms with Gasteiger partial charge in [-0.25, -0.2) is 0 Å². The smallest absolute Gasteiger partial charge is 0.279 e. The van der Waals surface area contributed by atoms with Crippen molar-refractivity contribution >= 4 is 17.5 Å². The van der Waals surface area contributed by atoms with E-state index >= 15 is 0 Å². The predicted octanol–water partition coefficient (Wildman–Crippen LogP) is 0.565. The largest absolute Gasteiger partial charge is 0.333 e. The number of hydrogen-bond donors (Lipinski definition) is 3. The Hall–Kier alpha value is -2.39. The van der Waals surface area contributed by atoms with Gasteiger partial charge in [-0.1, -0.05) is 18.2 Å². The number of nitriles is 1. The molecule has 1 aromatic carbocycles. The van der Waals surface area contributed by atoms with Gasteiger partial charge in [-0.3, -0.25) is 9.59 Å². The zero-order valence-electron chi connectivity index (χ0n) is 15.4. The zero-order valence-corrected chi connectivity index (χ0v) is 15.4. The van der Waals surface area contributed by atoms with Crippen LogP contribution >= 0.6 is 0 Å². The van der Waals surface area contributed by atoms with Crippen molar-refractivity contribution in [1.82, 2.24) is 5.32 Å². The second-order valence-corrected chi connectivity index (χ2v) is 7.26. The van der Waals surface area contributed by atoms with Crippen LogP contribution in [0.3, 0.4) is 0 Å². The molecule has 3 N–H and O–H groups in total. The number of carbonyl (C=O) groups is 2. The van der Waals surface area contributed by atoms with E-state index in [1.54, 1.807) is 14.0 Å². The molecule has 6 heteroatoms. The van der Waals surface area contributed by atoms with Gasteiger partial charge < -0.3 is 15.5 Å².